The van der Waals surface area contributed by atoms with Crippen LogP contribution >= 0.6 is 0 Å². The average Bonchev–Trinajstić information content (AvgIpc) is 2.98. The van der Waals surface area contributed by atoms with Crippen molar-refractivity contribution in [2.45, 2.75) is 19.1 Å². The van der Waals surface area contributed by atoms with E-state index < -0.39 is 11.9 Å². The Morgan fingerprint density at radius 3 is 2.66 bits per heavy atom. The van der Waals surface area contributed by atoms with Crippen molar-refractivity contribution in [1.82, 2.24) is 15.0 Å². The van der Waals surface area contributed by atoms with Gasteiger partial charge in [-0.25, -0.2) is 9.97 Å². The lowest BCUT2D eigenvalue weighted by atomic mass is 10.2. The number of para-hydroxylation sites is 1. The van der Waals surface area contributed by atoms with Gasteiger partial charge < -0.3 is 14.8 Å². The van der Waals surface area contributed by atoms with Crippen LogP contribution < -0.4 is 14.8 Å². The molecule has 0 atom stereocenters. The summed E-state index contributed by atoms with van der Waals surface area (Å²) in [6.45, 7) is 1.28. The highest BCUT2D eigenvalue weighted by atomic mass is 19.4. The van der Waals surface area contributed by atoms with E-state index in [1.54, 1.807) is 24.3 Å². The molecule has 1 aliphatic rings. The van der Waals surface area contributed by atoms with E-state index in [1.807, 2.05) is 12.1 Å². The number of benzene rings is 1. The highest BCUT2D eigenvalue weighted by molar-refractivity contribution is 5.54. The van der Waals surface area contributed by atoms with Crippen LogP contribution in [0.25, 0.3) is 11.5 Å². The van der Waals surface area contributed by atoms with Crippen LogP contribution in [0.4, 0.5) is 19.0 Å². The van der Waals surface area contributed by atoms with Crippen LogP contribution in [-0.4, -0.2) is 28.2 Å². The molecule has 3 heterocycles. The molecule has 0 bridgehead atoms. The minimum absolute atomic E-state index is 0.0418. The zero-order chi connectivity index (χ0) is 20.3. The smallest absolute Gasteiger partial charge is 0.433 e. The lowest BCUT2D eigenvalue weighted by molar-refractivity contribution is -0.141. The van der Waals surface area contributed by atoms with E-state index in [1.165, 1.54) is 6.20 Å². The maximum atomic E-state index is 13.3. The zero-order valence-electron chi connectivity index (χ0n) is 15.2. The highest BCUT2D eigenvalue weighted by Gasteiger charge is 2.34. The summed E-state index contributed by atoms with van der Waals surface area (Å²) in [4.78, 5) is 11.9. The number of hydrogen-bond acceptors (Lipinski definition) is 6. The summed E-state index contributed by atoms with van der Waals surface area (Å²) in [5.41, 5.74) is -0.0231. The molecular weight excluding hydrogens is 385 g/mol. The standard InChI is InChI=1S/C20H17F3N4O2/c21-20(22,23)16-11-17(27-19(26-16)14-6-1-2-8-24-14)25-12-13-5-3-7-15-18(13)29-10-4-9-28-15/h1-3,5-8,11H,4,9-10,12H2,(H,25,26,27). The molecule has 6 nitrogen and oxygen atoms in total. The van der Waals surface area contributed by atoms with Gasteiger partial charge in [0.05, 0.1) is 13.2 Å². The van der Waals surface area contributed by atoms with Crippen LogP contribution in [0.15, 0.2) is 48.7 Å². The number of ether oxygens (including phenoxy) is 2. The molecule has 1 aromatic carbocycles. The van der Waals surface area contributed by atoms with E-state index in [0.717, 1.165) is 18.1 Å². The summed E-state index contributed by atoms with van der Waals surface area (Å²) in [5.74, 6) is 1.15. The van der Waals surface area contributed by atoms with E-state index in [2.05, 4.69) is 20.3 Å². The molecular formula is C20H17F3N4O2. The number of rotatable bonds is 4. The van der Waals surface area contributed by atoms with Crippen molar-refractivity contribution >= 4 is 5.82 Å². The van der Waals surface area contributed by atoms with Gasteiger partial charge in [0.1, 0.15) is 11.5 Å². The quantitative estimate of drug-likeness (QED) is 0.701. The third-order valence-electron chi connectivity index (χ3n) is 4.22. The van der Waals surface area contributed by atoms with Gasteiger partial charge in [-0.05, 0) is 18.2 Å². The Balaban J connectivity index is 1.64. The molecule has 29 heavy (non-hydrogen) atoms. The van der Waals surface area contributed by atoms with Gasteiger partial charge >= 0.3 is 6.18 Å². The lowest BCUT2D eigenvalue weighted by Crippen LogP contribution is -2.12. The second-order valence-electron chi connectivity index (χ2n) is 6.32. The van der Waals surface area contributed by atoms with Crippen LogP contribution in [0.5, 0.6) is 11.5 Å². The number of alkyl halides is 3. The SMILES string of the molecule is FC(F)(F)c1cc(NCc2cccc3c2OCCCO3)nc(-c2ccccn2)n1. The Bertz CT molecular complexity index is 997. The van der Waals surface area contributed by atoms with Crippen molar-refractivity contribution < 1.29 is 22.6 Å². The van der Waals surface area contributed by atoms with Gasteiger partial charge in [0, 0.05) is 30.8 Å². The fourth-order valence-corrected chi connectivity index (χ4v) is 2.87. The predicted octanol–water partition coefficient (Wildman–Crippen LogP) is 4.33. The van der Waals surface area contributed by atoms with E-state index >= 15 is 0 Å². The van der Waals surface area contributed by atoms with Crippen molar-refractivity contribution in [2.24, 2.45) is 0 Å². The van der Waals surface area contributed by atoms with Crippen LogP contribution in [0.1, 0.15) is 17.7 Å². The molecule has 0 saturated carbocycles. The molecule has 2 aromatic heterocycles. The van der Waals surface area contributed by atoms with E-state index in [-0.39, 0.29) is 23.9 Å². The van der Waals surface area contributed by atoms with Crippen molar-refractivity contribution in [3.63, 3.8) is 0 Å². The minimum Gasteiger partial charge on any atom is -0.490 e. The summed E-state index contributed by atoms with van der Waals surface area (Å²) in [6.07, 6.45) is -2.37. The number of nitrogens with one attached hydrogen (secondary N) is 1. The summed E-state index contributed by atoms with van der Waals surface area (Å²) in [7, 11) is 0. The van der Waals surface area contributed by atoms with E-state index in [9.17, 15) is 13.2 Å². The van der Waals surface area contributed by atoms with Crippen LogP contribution in [0.2, 0.25) is 0 Å². The molecule has 3 aromatic rings. The van der Waals surface area contributed by atoms with Gasteiger partial charge in [-0.15, -0.1) is 0 Å². The monoisotopic (exact) mass is 402 g/mol. The summed E-state index contributed by atoms with van der Waals surface area (Å²) in [6, 6.07) is 11.2. The first-order valence-electron chi connectivity index (χ1n) is 9.00. The molecule has 0 saturated heterocycles. The average molecular weight is 402 g/mol. The largest absolute Gasteiger partial charge is 0.490 e. The molecule has 0 unspecified atom stereocenters. The van der Waals surface area contributed by atoms with Crippen molar-refractivity contribution in [1.29, 1.82) is 0 Å². The zero-order valence-corrected chi connectivity index (χ0v) is 15.2. The van der Waals surface area contributed by atoms with E-state index in [4.69, 9.17) is 9.47 Å². The summed E-state index contributed by atoms with van der Waals surface area (Å²) >= 11 is 0. The van der Waals surface area contributed by atoms with Gasteiger partial charge in [0.15, 0.2) is 23.0 Å². The molecule has 4 rings (SSSR count). The first kappa shape index (κ1) is 19.0. The van der Waals surface area contributed by atoms with E-state index in [0.29, 0.717) is 24.7 Å². The Kier molecular flexibility index (Phi) is 5.20. The Morgan fingerprint density at radius 2 is 1.86 bits per heavy atom. The molecule has 0 fully saturated rings. The van der Waals surface area contributed by atoms with Crippen LogP contribution in [-0.2, 0) is 12.7 Å². The van der Waals surface area contributed by atoms with Gasteiger partial charge in [-0.2, -0.15) is 13.2 Å². The number of halogens is 3. The number of pyridine rings is 1. The number of nitrogens with zero attached hydrogens (tertiary/aromatic N) is 3. The molecule has 9 heteroatoms. The van der Waals surface area contributed by atoms with Gasteiger partial charge in [-0.1, -0.05) is 18.2 Å². The van der Waals surface area contributed by atoms with Crippen molar-refractivity contribution in [3.05, 3.63) is 59.9 Å². The molecule has 0 radical (unpaired) electrons. The van der Waals surface area contributed by atoms with Gasteiger partial charge in [0.25, 0.3) is 0 Å². The normalized spacial score (nSPS) is 13.6. The third kappa shape index (κ3) is 4.39. The molecule has 1 aliphatic heterocycles. The molecule has 1 N–H and O–H groups in total. The summed E-state index contributed by atoms with van der Waals surface area (Å²) < 4.78 is 51.4. The number of hydrogen-bond donors (Lipinski definition) is 1. The second kappa shape index (κ2) is 7.94. The third-order valence-corrected chi connectivity index (χ3v) is 4.22. The molecule has 0 spiro atoms. The predicted molar refractivity (Wildman–Crippen MR) is 99.6 cm³/mol. The number of fused-ring (bicyclic) bond motifs is 1. The van der Waals surface area contributed by atoms with Crippen LogP contribution in [0.3, 0.4) is 0 Å². The number of anilines is 1. The van der Waals surface area contributed by atoms with Gasteiger partial charge in [0.2, 0.25) is 0 Å². The lowest BCUT2D eigenvalue weighted by Gasteiger charge is -2.14. The van der Waals surface area contributed by atoms with Crippen molar-refractivity contribution in [2.75, 3.05) is 18.5 Å². The fraction of sp³-hybridized carbons (Fsp3) is 0.250. The topological polar surface area (TPSA) is 69.2 Å². The molecule has 150 valence electrons. The maximum Gasteiger partial charge on any atom is 0.433 e. The fourth-order valence-electron chi connectivity index (χ4n) is 2.87. The van der Waals surface area contributed by atoms with Crippen molar-refractivity contribution in [3.8, 4) is 23.0 Å². The Labute approximate surface area is 164 Å². The van der Waals surface area contributed by atoms with Crippen LogP contribution in [0, 0.1) is 0 Å². The van der Waals surface area contributed by atoms with Gasteiger partial charge in [-0.3, -0.25) is 4.98 Å². The Morgan fingerprint density at radius 1 is 1.00 bits per heavy atom. The number of aromatic nitrogens is 3. The first-order valence-corrected chi connectivity index (χ1v) is 9.00. The second-order valence-corrected chi connectivity index (χ2v) is 6.32. The minimum atomic E-state index is -4.61. The Hall–Kier alpha value is -3.36. The molecule has 0 amide bonds. The summed E-state index contributed by atoms with van der Waals surface area (Å²) in [5, 5.41) is 2.94. The highest BCUT2D eigenvalue weighted by Crippen LogP contribution is 2.34. The molecule has 0 aliphatic carbocycles. The maximum absolute atomic E-state index is 13.3. The first-order chi connectivity index (χ1) is 14.0.